The summed E-state index contributed by atoms with van der Waals surface area (Å²) in [7, 11) is 0. The van der Waals surface area contributed by atoms with E-state index in [4.69, 9.17) is 11.6 Å². The fraction of sp³-hybridized carbons (Fsp3) is 0. The second kappa shape index (κ2) is 5.78. The van der Waals surface area contributed by atoms with Crippen molar-refractivity contribution in [1.82, 2.24) is 0 Å². The van der Waals surface area contributed by atoms with Crippen molar-refractivity contribution in [2.24, 2.45) is 0 Å². The molecule has 0 bridgehead atoms. The summed E-state index contributed by atoms with van der Waals surface area (Å²) in [6, 6.07) is 18.1. The molecule has 0 aliphatic rings. The molecule has 0 radical (unpaired) electrons. The zero-order valence-electron chi connectivity index (χ0n) is 8.64. The second-order valence-corrected chi connectivity index (χ2v) is 4.70. The van der Waals surface area contributed by atoms with Crippen LogP contribution in [0.15, 0.2) is 64.9 Å². The standard InChI is InChI=1S/C14H11ClS/c15-13-6-8-14(9-7-13)16-11-10-12-4-2-1-3-5-12/h1-11H. The van der Waals surface area contributed by atoms with Crippen molar-refractivity contribution in [2.45, 2.75) is 4.90 Å². The number of hydrogen-bond donors (Lipinski definition) is 0. The van der Waals surface area contributed by atoms with Gasteiger partial charge in [-0.1, -0.05) is 53.7 Å². The molecule has 0 saturated heterocycles. The smallest absolute Gasteiger partial charge is 0.0406 e. The predicted molar refractivity (Wildman–Crippen MR) is 72.8 cm³/mol. The van der Waals surface area contributed by atoms with Crippen molar-refractivity contribution in [3.05, 3.63) is 70.6 Å². The summed E-state index contributed by atoms with van der Waals surface area (Å²) in [6.45, 7) is 0. The normalized spacial score (nSPS) is 10.8. The topological polar surface area (TPSA) is 0 Å². The summed E-state index contributed by atoms with van der Waals surface area (Å²) >= 11 is 7.50. The summed E-state index contributed by atoms with van der Waals surface area (Å²) in [5.41, 5.74) is 1.21. The van der Waals surface area contributed by atoms with Gasteiger partial charge in [0, 0.05) is 9.92 Å². The molecule has 2 aromatic rings. The number of thioether (sulfide) groups is 1. The molecule has 80 valence electrons. The number of hydrogen-bond acceptors (Lipinski definition) is 1. The second-order valence-electron chi connectivity index (χ2n) is 3.29. The summed E-state index contributed by atoms with van der Waals surface area (Å²) in [4.78, 5) is 1.19. The number of halogens is 1. The SMILES string of the molecule is Clc1ccc(SC=Cc2ccccc2)cc1. The van der Waals surface area contributed by atoms with Gasteiger partial charge in [-0.15, -0.1) is 0 Å². The number of rotatable bonds is 3. The minimum Gasteiger partial charge on any atom is -0.0981 e. The van der Waals surface area contributed by atoms with Gasteiger partial charge in [0.1, 0.15) is 0 Å². The zero-order valence-corrected chi connectivity index (χ0v) is 10.2. The molecule has 0 atom stereocenters. The van der Waals surface area contributed by atoms with Crippen LogP contribution in [0.2, 0.25) is 5.02 Å². The third-order valence-electron chi connectivity index (χ3n) is 2.08. The molecule has 16 heavy (non-hydrogen) atoms. The highest BCUT2D eigenvalue weighted by Gasteiger charge is 1.90. The Labute approximate surface area is 105 Å². The lowest BCUT2D eigenvalue weighted by Crippen LogP contribution is -1.69. The van der Waals surface area contributed by atoms with Crippen molar-refractivity contribution < 1.29 is 0 Å². The van der Waals surface area contributed by atoms with Crippen molar-refractivity contribution in [3.63, 3.8) is 0 Å². The van der Waals surface area contributed by atoms with E-state index < -0.39 is 0 Å². The van der Waals surface area contributed by atoms with Crippen LogP contribution in [-0.4, -0.2) is 0 Å². The highest BCUT2D eigenvalue weighted by molar-refractivity contribution is 8.02. The Morgan fingerprint density at radius 3 is 2.25 bits per heavy atom. The predicted octanol–water partition coefficient (Wildman–Crippen LogP) is 5.10. The molecule has 2 rings (SSSR count). The fourth-order valence-electron chi connectivity index (χ4n) is 1.27. The highest BCUT2D eigenvalue weighted by Crippen LogP contribution is 2.22. The van der Waals surface area contributed by atoms with Gasteiger partial charge in [0.2, 0.25) is 0 Å². The Balaban J connectivity index is 1.97. The van der Waals surface area contributed by atoms with Crippen LogP contribution < -0.4 is 0 Å². The van der Waals surface area contributed by atoms with Gasteiger partial charge in [0.05, 0.1) is 0 Å². The Hall–Kier alpha value is -1.18. The lowest BCUT2D eigenvalue weighted by Gasteiger charge is -1.96. The first-order chi connectivity index (χ1) is 7.84. The largest absolute Gasteiger partial charge is 0.0981 e. The Morgan fingerprint density at radius 2 is 1.56 bits per heavy atom. The average Bonchev–Trinajstić information content (AvgIpc) is 2.33. The molecule has 0 aromatic heterocycles. The van der Waals surface area contributed by atoms with E-state index in [1.54, 1.807) is 11.8 Å². The van der Waals surface area contributed by atoms with Crippen LogP contribution in [0.1, 0.15) is 5.56 Å². The first-order valence-corrected chi connectivity index (χ1v) is 6.24. The van der Waals surface area contributed by atoms with Gasteiger partial charge < -0.3 is 0 Å². The monoisotopic (exact) mass is 246 g/mol. The van der Waals surface area contributed by atoms with E-state index in [9.17, 15) is 0 Å². The summed E-state index contributed by atoms with van der Waals surface area (Å²) < 4.78 is 0. The van der Waals surface area contributed by atoms with Gasteiger partial charge in [-0.2, -0.15) is 0 Å². The molecule has 0 fully saturated rings. The molecule has 0 spiro atoms. The van der Waals surface area contributed by atoms with Crippen LogP contribution in [0.5, 0.6) is 0 Å². The van der Waals surface area contributed by atoms with Crippen molar-refractivity contribution in [1.29, 1.82) is 0 Å². The van der Waals surface area contributed by atoms with Gasteiger partial charge in [0.15, 0.2) is 0 Å². The molecule has 2 aromatic carbocycles. The molecule has 0 N–H and O–H groups in total. The van der Waals surface area contributed by atoms with Crippen LogP contribution in [0.3, 0.4) is 0 Å². The maximum absolute atomic E-state index is 5.81. The molecule has 0 nitrogen and oxygen atoms in total. The molecular weight excluding hydrogens is 236 g/mol. The van der Waals surface area contributed by atoms with Crippen LogP contribution >= 0.6 is 23.4 Å². The molecular formula is C14H11ClS. The fourth-order valence-corrected chi connectivity index (χ4v) is 2.07. The average molecular weight is 247 g/mol. The zero-order chi connectivity index (χ0) is 11.2. The van der Waals surface area contributed by atoms with Crippen LogP contribution in [0.4, 0.5) is 0 Å². The van der Waals surface area contributed by atoms with E-state index in [1.807, 2.05) is 42.5 Å². The number of benzene rings is 2. The summed E-state index contributed by atoms with van der Waals surface area (Å²) in [5, 5.41) is 2.86. The van der Waals surface area contributed by atoms with Crippen LogP contribution in [-0.2, 0) is 0 Å². The molecule has 0 saturated carbocycles. The van der Waals surface area contributed by atoms with Crippen molar-refractivity contribution >= 4 is 29.4 Å². The van der Waals surface area contributed by atoms with E-state index in [0.29, 0.717) is 0 Å². The Kier molecular flexibility index (Phi) is 4.09. The minimum absolute atomic E-state index is 0.774. The lowest BCUT2D eigenvalue weighted by molar-refractivity contribution is 1.47. The maximum Gasteiger partial charge on any atom is 0.0406 e. The summed E-state index contributed by atoms with van der Waals surface area (Å²) in [5.74, 6) is 0. The molecule has 0 aliphatic heterocycles. The van der Waals surface area contributed by atoms with Crippen LogP contribution in [0, 0.1) is 0 Å². The lowest BCUT2D eigenvalue weighted by atomic mass is 10.2. The summed E-state index contributed by atoms with van der Waals surface area (Å²) in [6.07, 6.45) is 2.10. The van der Waals surface area contributed by atoms with Gasteiger partial charge in [-0.25, -0.2) is 0 Å². The minimum atomic E-state index is 0.774. The maximum atomic E-state index is 5.81. The van der Waals surface area contributed by atoms with E-state index in [2.05, 4.69) is 23.6 Å². The van der Waals surface area contributed by atoms with Crippen molar-refractivity contribution in [3.8, 4) is 0 Å². The molecule has 2 heteroatoms. The first-order valence-electron chi connectivity index (χ1n) is 4.98. The molecule has 0 amide bonds. The third-order valence-corrected chi connectivity index (χ3v) is 3.15. The molecule has 0 unspecified atom stereocenters. The van der Waals surface area contributed by atoms with Crippen molar-refractivity contribution in [2.75, 3.05) is 0 Å². The van der Waals surface area contributed by atoms with E-state index in [0.717, 1.165) is 5.02 Å². The Morgan fingerprint density at radius 1 is 0.875 bits per heavy atom. The Bertz CT molecular complexity index is 460. The van der Waals surface area contributed by atoms with E-state index in [1.165, 1.54) is 10.5 Å². The first kappa shape index (κ1) is 11.3. The van der Waals surface area contributed by atoms with Gasteiger partial charge in [-0.05, 0) is 41.3 Å². The van der Waals surface area contributed by atoms with Gasteiger partial charge in [-0.3, -0.25) is 0 Å². The van der Waals surface area contributed by atoms with E-state index >= 15 is 0 Å². The van der Waals surface area contributed by atoms with Crippen LogP contribution in [0.25, 0.3) is 6.08 Å². The quantitative estimate of drug-likeness (QED) is 0.679. The van der Waals surface area contributed by atoms with E-state index in [-0.39, 0.29) is 0 Å². The van der Waals surface area contributed by atoms with Gasteiger partial charge >= 0.3 is 0 Å². The highest BCUT2D eigenvalue weighted by atomic mass is 35.5. The molecule has 0 heterocycles. The molecule has 0 aliphatic carbocycles. The van der Waals surface area contributed by atoms with Gasteiger partial charge in [0.25, 0.3) is 0 Å². The third kappa shape index (κ3) is 3.44.